The summed E-state index contributed by atoms with van der Waals surface area (Å²) in [6.07, 6.45) is 6.55. The third-order valence-electron chi connectivity index (χ3n) is 10.8. The molecular formula is C47H44N16O4. The third kappa shape index (κ3) is 10.5. The smallest absolute Gasteiger partial charge is 0.252 e. The molecule has 0 bridgehead atoms. The number of rotatable bonds is 18. The standard InChI is InChI=1S/C47H44N16O4/c1-62-41(58-60-44(62)36-15-17-49-27-54-36)25-51-33-9-5-7-30(21-33)46(64)53-24-32-12-14-43(67-4)56-38(32)19-29-11-13-35(40(20-29)66-3)39(23-48)57-47(65)31-8-6-10-34(22-31)52-26-42-59-61-45(63(42)2)37-16-18-50-28-55-37/h5-18,20-22,27-28,39,51-52H,19,24-26H2,1-4H3,(H,53,64)(H,57,65). The van der Waals surface area contributed by atoms with Crippen LogP contribution in [0.25, 0.3) is 23.0 Å². The molecule has 20 heteroatoms. The maximum absolute atomic E-state index is 13.6. The average Bonchev–Trinajstić information content (AvgIpc) is 3.94. The predicted molar refractivity (Wildman–Crippen MR) is 245 cm³/mol. The van der Waals surface area contributed by atoms with E-state index in [-0.39, 0.29) is 12.5 Å². The van der Waals surface area contributed by atoms with Gasteiger partial charge in [-0.15, -0.1) is 20.4 Å². The lowest BCUT2D eigenvalue weighted by molar-refractivity contribution is 0.0939. The van der Waals surface area contributed by atoms with E-state index in [9.17, 15) is 14.9 Å². The highest BCUT2D eigenvalue weighted by Crippen LogP contribution is 2.29. The minimum Gasteiger partial charge on any atom is -0.496 e. The number of nitriles is 1. The SMILES string of the molecule is COc1ccc(CNC(=O)c2cccc(NCc3nnc(-c4ccncn4)n3C)c2)c(Cc2ccc(C(C#N)NC(=O)c3cccc(NCc4nnc(-c5ccncn5)n4C)c3)c(OC)c2)n1. The zero-order chi connectivity index (χ0) is 46.7. The zero-order valence-corrected chi connectivity index (χ0v) is 36.9. The van der Waals surface area contributed by atoms with Crippen LogP contribution in [0.2, 0.25) is 0 Å². The van der Waals surface area contributed by atoms with Crippen LogP contribution in [0.1, 0.15) is 60.8 Å². The molecular weight excluding hydrogens is 853 g/mol. The molecule has 8 rings (SSSR count). The van der Waals surface area contributed by atoms with Crippen LogP contribution in [-0.2, 0) is 40.2 Å². The Balaban J connectivity index is 0.894. The molecule has 0 saturated heterocycles. The van der Waals surface area contributed by atoms with Gasteiger partial charge in [0.25, 0.3) is 11.8 Å². The van der Waals surface area contributed by atoms with Gasteiger partial charge in [0.2, 0.25) is 5.88 Å². The van der Waals surface area contributed by atoms with Gasteiger partial charge in [-0.2, -0.15) is 5.26 Å². The van der Waals surface area contributed by atoms with E-state index in [2.05, 4.69) is 67.7 Å². The second-order valence-electron chi connectivity index (χ2n) is 15.0. The Kier molecular flexibility index (Phi) is 13.7. The number of nitrogens with one attached hydrogen (secondary N) is 4. The van der Waals surface area contributed by atoms with Crippen molar-refractivity contribution in [2.45, 2.75) is 32.1 Å². The van der Waals surface area contributed by atoms with Crippen molar-refractivity contribution in [1.82, 2.24) is 65.1 Å². The molecule has 0 aliphatic rings. The summed E-state index contributed by atoms with van der Waals surface area (Å²) < 4.78 is 14.9. The van der Waals surface area contributed by atoms with E-state index in [0.29, 0.717) is 93.9 Å². The lowest BCUT2D eigenvalue weighted by Gasteiger charge is -2.17. The number of benzene rings is 3. The quantitative estimate of drug-likeness (QED) is 0.0884. The van der Waals surface area contributed by atoms with Crippen LogP contribution in [-0.4, -0.2) is 80.5 Å². The summed E-state index contributed by atoms with van der Waals surface area (Å²) in [5, 5.41) is 39.9. The van der Waals surface area contributed by atoms with Crippen molar-refractivity contribution >= 4 is 23.2 Å². The lowest BCUT2D eigenvalue weighted by atomic mass is 9.99. The summed E-state index contributed by atoms with van der Waals surface area (Å²) in [5.74, 6) is 2.65. The molecule has 1 unspecified atom stereocenters. The predicted octanol–water partition coefficient (Wildman–Crippen LogP) is 5.01. The zero-order valence-electron chi connectivity index (χ0n) is 36.9. The molecule has 1 atom stereocenters. The maximum Gasteiger partial charge on any atom is 0.252 e. The van der Waals surface area contributed by atoms with Crippen molar-refractivity contribution in [2.75, 3.05) is 24.9 Å². The molecule has 2 amide bonds. The molecule has 0 aliphatic heterocycles. The summed E-state index contributed by atoms with van der Waals surface area (Å²) in [4.78, 5) is 48.2. The van der Waals surface area contributed by atoms with E-state index in [1.165, 1.54) is 26.9 Å². The van der Waals surface area contributed by atoms with Gasteiger partial charge in [0.05, 0.1) is 39.1 Å². The summed E-state index contributed by atoms with van der Waals surface area (Å²) in [7, 11) is 6.75. The Bertz CT molecular complexity index is 3060. The molecule has 3 aromatic carbocycles. The molecule has 5 heterocycles. The Hall–Kier alpha value is -9.12. The summed E-state index contributed by atoms with van der Waals surface area (Å²) in [6, 6.07) is 27.8. The van der Waals surface area contributed by atoms with E-state index in [0.717, 1.165) is 16.8 Å². The number of nitrogens with zero attached hydrogens (tertiary/aromatic N) is 12. The van der Waals surface area contributed by atoms with Crippen LogP contribution < -0.4 is 30.7 Å². The highest BCUT2D eigenvalue weighted by Gasteiger charge is 2.21. The number of amides is 2. The Morgan fingerprint density at radius 1 is 0.701 bits per heavy atom. The maximum atomic E-state index is 13.6. The number of aromatic nitrogens is 11. The fourth-order valence-electron chi connectivity index (χ4n) is 7.13. The molecule has 5 aromatic heterocycles. The Labute approximate surface area is 384 Å². The van der Waals surface area contributed by atoms with Crippen molar-refractivity contribution in [3.8, 4) is 40.7 Å². The van der Waals surface area contributed by atoms with Crippen molar-refractivity contribution in [1.29, 1.82) is 5.26 Å². The number of carbonyl (C=O) groups excluding carboxylic acids is 2. The van der Waals surface area contributed by atoms with Gasteiger partial charge in [0, 0.05) is 73.6 Å². The van der Waals surface area contributed by atoms with Gasteiger partial charge in [-0.1, -0.05) is 30.3 Å². The minimum absolute atomic E-state index is 0.188. The number of anilines is 2. The summed E-state index contributed by atoms with van der Waals surface area (Å²) >= 11 is 0. The first-order valence-corrected chi connectivity index (χ1v) is 20.9. The first-order valence-electron chi connectivity index (χ1n) is 20.9. The highest BCUT2D eigenvalue weighted by atomic mass is 16.5. The molecule has 8 aromatic rings. The van der Waals surface area contributed by atoms with Gasteiger partial charge in [0.1, 0.15) is 35.8 Å². The molecule has 4 N–H and O–H groups in total. The highest BCUT2D eigenvalue weighted by molar-refractivity contribution is 5.96. The molecule has 0 aliphatic carbocycles. The van der Waals surface area contributed by atoms with E-state index < -0.39 is 11.9 Å². The van der Waals surface area contributed by atoms with Crippen LogP contribution in [0.3, 0.4) is 0 Å². The van der Waals surface area contributed by atoms with E-state index in [1.54, 1.807) is 79.1 Å². The van der Waals surface area contributed by atoms with Crippen molar-refractivity contribution in [3.05, 3.63) is 161 Å². The first kappa shape index (κ1) is 44.5. The first-order chi connectivity index (χ1) is 32.7. The third-order valence-corrected chi connectivity index (χ3v) is 10.8. The van der Waals surface area contributed by atoms with Gasteiger partial charge in [-0.25, -0.2) is 24.9 Å². The Morgan fingerprint density at radius 2 is 1.31 bits per heavy atom. The van der Waals surface area contributed by atoms with Crippen LogP contribution in [0, 0.1) is 11.3 Å². The molecule has 336 valence electrons. The van der Waals surface area contributed by atoms with Gasteiger partial charge in [0.15, 0.2) is 23.3 Å². The van der Waals surface area contributed by atoms with Crippen LogP contribution in [0.15, 0.2) is 116 Å². The summed E-state index contributed by atoms with van der Waals surface area (Å²) in [5.41, 5.74) is 6.25. The average molecular weight is 897 g/mol. The van der Waals surface area contributed by atoms with Gasteiger partial charge in [-0.05, 0) is 65.7 Å². The fourth-order valence-corrected chi connectivity index (χ4v) is 7.13. The second kappa shape index (κ2) is 20.6. The molecule has 0 spiro atoms. The number of carbonyl (C=O) groups is 2. The fraction of sp³-hybridized carbons (Fsp3) is 0.191. The van der Waals surface area contributed by atoms with E-state index in [4.69, 9.17) is 14.5 Å². The summed E-state index contributed by atoms with van der Waals surface area (Å²) in [6.45, 7) is 0.888. The van der Waals surface area contributed by atoms with Gasteiger partial charge < -0.3 is 39.9 Å². The second-order valence-corrected chi connectivity index (χ2v) is 15.0. The van der Waals surface area contributed by atoms with E-state index >= 15 is 0 Å². The monoisotopic (exact) mass is 896 g/mol. The van der Waals surface area contributed by atoms with E-state index in [1.807, 2.05) is 47.5 Å². The topological polar surface area (TPSA) is 250 Å². The van der Waals surface area contributed by atoms with Crippen molar-refractivity contribution in [2.24, 2.45) is 14.1 Å². The van der Waals surface area contributed by atoms with Crippen LogP contribution in [0.4, 0.5) is 11.4 Å². The van der Waals surface area contributed by atoms with Crippen LogP contribution >= 0.6 is 0 Å². The largest absolute Gasteiger partial charge is 0.496 e. The number of hydrogen-bond acceptors (Lipinski definition) is 16. The lowest BCUT2D eigenvalue weighted by Crippen LogP contribution is -2.28. The molecule has 0 saturated carbocycles. The van der Waals surface area contributed by atoms with Gasteiger partial charge >= 0.3 is 0 Å². The van der Waals surface area contributed by atoms with Crippen molar-refractivity contribution in [3.63, 3.8) is 0 Å². The normalized spacial score (nSPS) is 11.3. The molecule has 0 fully saturated rings. The minimum atomic E-state index is -1.03. The number of methoxy groups -OCH3 is 2. The number of hydrogen-bond donors (Lipinski definition) is 4. The Morgan fingerprint density at radius 3 is 1.87 bits per heavy atom. The molecule has 0 radical (unpaired) electrons. The number of ether oxygens (including phenoxy) is 2. The number of pyridine rings is 1. The van der Waals surface area contributed by atoms with Crippen LogP contribution in [0.5, 0.6) is 11.6 Å². The van der Waals surface area contributed by atoms with Crippen molar-refractivity contribution < 1.29 is 19.1 Å². The molecule has 67 heavy (non-hydrogen) atoms. The molecule has 20 nitrogen and oxygen atoms in total. The van der Waals surface area contributed by atoms with Gasteiger partial charge in [-0.3, -0.25) is 9.59 Å².